The van der Waals surface area contributed by atoms with Crippen LogP contribution >= 0.6 is 0 Å². The average molecular weight is 223 g/mol. The van der Waals surface area contributed by atoms with E-state index in [2.05, 4.69) is 5.48 Å². The summed E-state index contributed by atoms with van der Waals surface area (Å²) in [5.41, 5.74) is 3.12. The average Bonchev–Trinajstić information content (AvgIpc) is 2.84. The summed E-state index contributed by atoms with van der Waals surface area (Å²) in [5.74, 6) is -0.0296. The highest BCUT2D eigenvalue weighted by atomic mass is 19.1. The molecule has 3 atom stereocenters. The Morgan fingerprint density at radius 3 is 3.00 bits per heavy atom. The Labute approximate surface area is 93.5 Å². The normalized spacial score (nSPS) is 37.6. The van der Waals surface area contributed by atoms with Gasteiger partial charge in [-0.1, -0.05) is 18.2 Å². The monoisotopic (exact) mass is 223 g/mol. The van der Waals surface area contributed by atoms with Crippen LogP contribution in [0, 0.1) is 11.7 Å². The molecule has 2 fully saturated rings. The van der Waals surface area contributed by atoms with Crippen molar-refractivity contribution in [3.63, 3.8) is 0 Å². The van der Waals surface area contributed by atoms with Gasteiger partial charge in [0.1, 0.15) is 11.9 Å². The van der Waals surface area contributed by atoms with Crippen molar-refractivity contribution in [3.05, 3.63) is 35.6 Å². The molecule has 2 heterocycles. The molecule has 0 aliphatic carbocycles. The molecular formula is C12H14FNO2. The van der Waals surface area contributed by atoms with Crippen molar-refractivity contribution in [2.24, 2.45) is 5.92 Å². The van der Waals surface area contributed by atoms with Gasteiger partial charge in [-0.25, -0.2) is 4.39 Å². The van der Waals surface area contributed by atoms with Crippen LogP contribution in [0.15, 0.2) is 24.3 Å². The third-order valence-electron chi connectivity index (χ3n) is 3.63. The van der Waals surface area contributed by atoms with Gasteiger partial charge in [0.2, 0.25) is 0 Å². The molecule has 4 heteroatoms. The Morgan fingerprint density at radius 2 is 2.19 bits per heavy atom. The lowest BCUT2D eigenvalue weighted by atomic mass is 9.79. The number of fused-ring (bicyclic) bond motifs is 1. The van der Waals surface area contributed by atoms with Gasteiger partial charge >= 0.3 is 0 Å². The molecule has 0 spiro atoms. The fraction of sp³-hybridized carbons (Fsp3) is 0.500. The number of nitrogens with one attached hydrogen (secondary N) is 1. The first-order valence-corrected chi connectivity index (χ1v) is 5.47. The number of halogens is 1. The zero-order valence-corrected chi connectivity index (χ0v) is 9.07. The van der Waals surface area contributed by atoms with Crippen molar-refractivity contribution in [3.8, 4) is 0 Å². The second-order valence-corrected chi connectivity index (χ2v) is 4.58. The lowest BCUT2D eigenvalue weighted by Gasteiger charge is -2.28. The summed E-state index contributed by atoms with van der Waals surface area (Å²) in [4.78, 5) is 5.46. The van der Waals surface area contributed by atoms with Crippen LogP contribution in [0.5, 0.6) is 0 Å². The first kappa shape index (κ1) is 10.2. The topological polar surface area (TPSA) is 30.5 Å². The molecule has 2 aliphatic heterocycles. The van der Waals surface area contributed by atoms with Crippen molar-refractivity contribution < 1.29 is 14.0 Å². The van der Waals surface area contributed by atoms with Crippen LogP contribution in [0.25, 0.3) is 0 Å². The first-order chi connectivity index (χ1) is 7.72. The Bertz CT molecular complexity index is 412. The molecule has 3 nitrogen and oxygen atoms in total. The number of rotatable bonds is 1. The minimum Gasteiger partial charge on any atom is -0.378 e. The molecule has 1 aromatic carbocycles. The molecule has 0 amide bonds. The molecule has 0 aromatic heterocycles. The van der Waals surface area contributed by atoms with Gasteiger partial charge in [-0.15, -0.1) is 0 Å². The van der Waals surface area contributed by atoms with E-state index >= 15 is 0 Å². The number of benzene rings is 1. The number of hydrogen-bond acceptors (Lipinski definition) is 3. The summed E-state index contributed by atoms with van der Waals surface area (Å²) in [6.07, 6.45) is 0.0320. The van der Waals surface area contributed by atoms with Crippen molar-refractivity contribution in [1.29, 1.82) is 0 Å². The Balaban J connectivity index is 2.02. The second-order valence-electron chi connectivity index (χ2n) is 4.58. The molecular weight excluding hydrogens is 209 g/mol. The van der Waals surface area contributed by atoms with E-state index in [0.29, 0.717) is 18.8 Å². The van der Waals surface area contributed by atoms with Crippen LogP contribution in [0.1, 0.15) is 12.5 Å². The zero-order valence-electron chi connectivity index (χ0n) is 9.07. The fourth-order valence-corrected chi connectivity index (χ4v) is 2.60. The molecule has 0 bridgehead atoms. The zero-order chi connectivity index (χ0) is 11.2. The molecule has 1 aromatic rings. The number of hydrogen-bond donors (Lipinski definition) is 1. The predicted octanol–water partition coefficient (Wildman–Crippen LogP) is 1.59. The van der Waals surface area contributed by atoms with E-state index in [1.165, 1.54) is 6.07 Å². The molecule has 0 saturated carbocycles. The SMILES string of the molecule is C[C@@]1(c2ccccc2F)NO[C@H]2COC[C@H]21. The maximum absolute atomic E-state index is 13.8. The maximum Gasteiger partial charge on any atom is 0.128 e. The van der Waals surface area contributed by atoms with Crippen molar-refractivity contribution in [1.82, 2.24) is 5.48 Å². The summed E-state index contributed by atoms with van der Waals surface area (Å²) < 4.78 is 19.2. The van der Waals surface area contributed by atoms with Crippen LogP contribution in [-0.2, 0) is 15.1 Å². The largest absolute Gasteiger partial charge is 0.378 e. The Morgan fingerprint density at radius 1 is 1.38 bits per heavy atom. The molecule has 2 aliphatic rings. The molecule has 2 saturated heterocycles. The lowest BCUT2D eigenvalue weighted by molar-refractivity contribution is -0.0126. The van der Waals surface area contributed by atoms with Crippen molar-refractivity contribution in [2.45, 2.75) is 18.6 Å². The third kappa shape index (κ3) is 1.30. The number of hydroxylamine groups is 1. The second kappa shape index (κ2) is 3.52. The van der Waals surface area contributed by atoms with Gasteiger partial charge in [0.15, 0.2) is 0 Å². The van der Waals surface area contributed by atoms with Gasteiger partial charge in [0, 0.05) is 11.5 Å². The van der Waals surface area contributed by atoms with E-state index in [-0.39, 0.29) is 17.8 Å². The highest BCUT2D eigenvalue weighted by Gasteiger charge is 2.51. The van der Waals surface area contributed by atoms with Crippen LogP contribution in [0.3, 0.4) is 0 Å². The predicted molar refractivity (Wildman–Crippen MR) is 56.1 cm³/mol. The van der Waals surface area contributed by atoms with E-state index in [0.717, 1.165) is 0 Å². The van der Waals surface area contributed by atoms with Gasteiger partial charge in [-0.3, -0.25) is 4.84 Å². The van der Waals surface area contributed by atoms with Crippen LogP contribution < -0.4 is 5.48 Å². The van der Waals surface area contributed by atoms with Gasteiger partial charge < -0.3 is 4.74 Å². The van der Waals surface area contributed by atoms with Gasteiger partial charge in [-0.05, 0) is 13.0 Å². The highest BCUT2D eigenvalue weighted by molar-refractivity contribution is 5.28. The molecule has 16 heavy (non-hydrogen) atoms. The Hall–Kier alpha value is -0.970. The van der Waals surface area contributed by atoms with E-state index in [9.17, 15) is 4.39 Å². The van der Waals surface area contributed by atoms with E-state index < -0.39 is 5.54 Å². The summed E-state index contributed by atoms with van der Waals surface area (Å²) in [6, 6.07) is 6.81. The van der Waals surface area contributed by atoms with E-state index in [4.69, 9.17) is 9.57 Å². The maximum atomic E-state index is 13.8. The molecule has 86 valence electrons. The molecule has 0 radical (unpaired) electrons. The van der Waals surface area contributed by atoms with Crippen molar-refractivity contribution >= 4 is 0 Å². The molecule has 3 rings (SSSR count). The standard InChI is InChI=1S/C12H14FNO2/c1-12(8-4-2-3-5-10(8)13)9-6-15-7-11(9)16-14-12/h2-5,9,11,14H,6-7H2,1H3/t9-,11+,12+/m1/s1. The lowest BCUT2D eigenvalue weighted by Crippen LogP contribution is -2.40. The molecule has 1 N–H and O–H groups in total. The van der Waals surface area contributed by atoms with Crippen molar-refractivity contribution in [2.75, 3.05) is 13.2 Å². The Kier molecular flexibility index (Phi) is 2.24. The van der Waals surface area contributed by atoms with Gasteiger partial charge in [0.05, 0.1) is 18.8 Å². The van der Waals surface area contributed by atoms with E-state index in [1.54, 1.807) is 12.1 Å². The third-order valence-corrected chi connectivity index (χ3v) is 3.63. The molecule has 0 unspecified atom stereocenters. The van der Waals surface area contributed by atoms with Crippen LogP contribution in [0.2, 0.25) is 0 Å². The van der Waals surface area contributed by atoms with Gasteiger partial charge in [-0.2, -0.15) is 5.48 Å². The summed E-state index contributed by atoms with van der Waals surface area (Å²) in [7, 11) is 0. The highest BCUT2D eigenvalue weighted by Crippen LogP contribution is 2.41. The number of ether oxygens (including phenoxy) is 1. The van der Waals surface area contributed by atoms with Gasteiger partial charge in [0.25, 0.3) is 0 Å². The summed E-state index contributed by atoms with van der Waals surface area (Å²) in [5, 5.41) is 0. The summed E-state index contributed by atoms with van der Waals surface area (Å²) in [6.45, 7) is 3.16. The van der Waals surface area contributed by atoms with Crippen LogP contribution in [-0.4, -0.2) is 19.3 Å². The minimum absolute atomic E-state index is 0.0320. The van der Waals surface area contributed by atoms with Crippen LogP contribution in [0.4, 0.5) is 4.39 Å². The fourth-order valence-electron chi connectivity index (χ4n) is 2.60. The van der Waals surface area contributed by atoms with E-state index in [1.807, 2.05) is 13.0 Å². The quantitative estimate of drug-likeness (QED) is 0.784. The summed E-state index contributed by atoms with van der Waals surface area (Å²) >= 11 is 0. The smallest absolute Gasteiger partial charge is 0.128 e. The minimum atomic E-state index is -0.494. The first-order valence-electron chi connectivity index (χ1n) is 5.47.